The summed E-state index contributed by atoms with van der Waals surface area (Å²) in [5.41, 5.74) is 0.885. The fourth-order valence-corrected chi connectivity index (χ4v) is 2.18. The Labute approximate surface area is 146 Å². The topological polar surface area (TPSA) is 109 Å². The van der Waals surface area contributed by atoms with Gasteiger partial charge in [-0.15, -0.1) is 0 Å². The molecule has 0 spiro atoms. The van der Waals surface area contributed by atoms with Crippen molar-refractivity contribution in [3.8, 4) is 11.5 Å². The van der Waals surface area contributed by atoms with Gasteiger partial charge in [-0.3, -0.25) is 4.79 Å². The van der Waals surface area contributed by atoms with Crippen LogP contribution in [0.3, 0.4) is 0 Å². The van der Waals surface area contributed by atoms with E-state index in [1.54, 1.807) is 6.92 Å². The number of carbonyl (C=O) groups is 1. The standard InChI is InChI=1S/C15H16F2N4O5/c1-9-7-13(21(23)24)19-20(9)6-5-14(22)18-10-3-4-11(26-15(16)17)12(8-10)25-2/h3-4,7-8,15H,5-6H2,1-2H3,(H,18,22). The number of alkyl halides is 2. The number of benzene rings is 1. The van der Waals surface area contributed by atoms with E-state index in [1.165, 1.54) is 36.1 Å². The van der Waals surface area contributed by atoms with Gasteiger partial charge in [0.2, 0.25) is 5.91 Å². The van der Waals surface area contributed by atoms with Crippen LogP contribution in [0.1, 0.15) is 12.1 Å². The molecule has 0 fully saturated rings. The molecule has 1 aromatic heterocycles. The van der Waals surface area contributed by atoms with Crippen molar-refractivity contribution in [2.75, 3.05) is 12.4 Å². The number of carbonyl (C=O) groups excluding carboxylic acids is 1. The summed E-state index contributed by atoms with van der Waals surface area (Å²) in [6, 6.07) is 5.30. The van der Waals surface area contributed by atoms with Crippen LogP contribution in [0, 0.1) is 17.0 Å². The van der Waals surface area contributed by atoms with E-state index in [2.05, 4.69) is 15.2 Å². The predicted molar refractivity (Wildman–Crippen MR) is 86.5 cm³/mol. The first-order chi connectivity index (χ1) is 12.3. The van der Waals surface area contributed by atoms with E-state index < -0.39 is 11.5 Å². The zero-order chi connectivity index (χ0) is 19.3. The molecule has 0 saturated carbocycles. The number of ether oxygens (including phenoxy) is 2. The molecular formula is C15H16F2N4O5. The quantitative estimate of drug-likeness (QED) is 0.565. The van der Waals surface area contributed by atoms with Gasteiger partial charge >= 0.3 is 12.4 Å². The predicted octanol–water partition coefficient (Wildman–Crippen LogP) is 2.74. The van der Waals surface area contributed by atoms with Crippen molar-refractivity contribution < 1.29 is 28.0 Å². The average Bonchev–Trinajstić information content (AvgIpc) is 2.95. The molecule has 0 aliphatic rings. The van der Waals surface area contributed by atoms with Gasteiger partial charge in [0.25, 0.3) is 0 Å². The number of hydrogen-bond donors (Lipinski definition) is 1. The third-order valence-corrected chi connectivity index (χ3v) is 3.37. The normalized spacial score (nSPS) is 10.7. The smallest absolute Gasteiger partial charge is 0.390 e. The number of nitrogens with zero attached hydrogens (tertiary/aromatic N) is 3. The van der Waals surface area contributed by atoms with Gasteiger partial charge in [0.15, 0.2) is 11.5 Å². The number of hydrogen-bond acceptors (Lipinski definition) is 6. The molecule has 0 atom stereocenters. The maximum atomic E-state index is 12.3. The van der Waals surface area contributed by atoms with E-state index in [0.29, 0.717) is 11.4 Å². The second-order valence-electron chi connectivity index (χ2n) is 5.17. The van der Waals surface area contributed by atoms with Crippen LogP contribution in [0.4, 0.5) is 20.3 Å². The minimum absolute atomic E-state index is 0.0112. The molecule has 0 bridgehead atoms. The van der Waals surface area contributed by atoms with Crippen LogP contribution < -0.4 is 14.8 Å². The molecule has 0 radical (unpaired) electrons. The highest BCUT2D eigenvalue weighted by Crippen LogP contribution is 2.31. The second kappa shape index (κ2) is 8.23. The molecule has 0 saturated heterocycles. The number of methoxy groups -OCH3 is 1. The fraction of sp³-hybridized carbons (Fsp3) is 0.333. The zero-order valence-corrected chi connectivity index (χ0v) is 13.9. The first kappa shape index (κ1) is 19.1. The third-order valence-electron chi connectivity index (χ3n) is 3.37. The zero-order valence-electron chi connectivity index (χ0n) is 13.9. The number of halogens is 2. The molecule has 1 heterocycles. The lowest BCUT2D eigenvalue weighted by Gasteiger charge is -2.12. The molecule has 2 aromatic rings. The Kier molecular flexibility index (Phi) is 6.04. The minimum Gasteiger partial charge on any atom is -0.493 e. The summed E-state index contributed by atoms with van der Waals surface area (Å²) in [5, 5.41) is 17.0. The Hall–Kier alpha value is -3.24. The van der Waals surface area contributed by atoms with Gasteiger partial charge in [-0.25, -0.2) is 0 Å². The van der Waals surface area contributed by atoms with Crippen LogP contribution in [-0.2, 0) is 11.3 Å². The number of nitrogens with one attached hydrogen (secondary N) is 1. The van der Waals surface area contributed by atoms with Crippen LogP contribution in [0.5, 0.6) is 11.5 Å². The van der Waals surface area contributed by atoms with Crippen molar-refractivity contribution in [2.45, 2.75) is 26.5 Å². The molecule has 2 rings (SSSR count). The first-order valence-electron chi connectivity index (χ1n) is 7.41. The van der Waals surface area contributed by atoms with Crippen LogP contribution in [-0.4, -0.2) is 34.3 Å². The van der Waals surface area contributed by atoms with Crippen molar-refractivity contribution >= 4 is 17.4 Å². The van der Waals surface area contributed by atoms with E-state index in [-0.39, 0.29) is 36.2 Å². The lowest BCUT2D eigenvalue weighted by molar-refractivity contribution is -0.389. The van der Waals surface area contributed by atoms with Crippen LogP contribution in [0.2, 0.25) is 0 Å². The molecule has 0 unspecified atom stereocenters. The van der Waals surface area contributed by atoms with E-state index in [4.69, 9.17) is 4.74 Å². The van der Waals surface area contributed by atoms with E-state index >= 15 is 0 Å². The molecule has 0 aliphatic heterocycles. The maximum absolute atomic E-state index is 12.3. The summed E-state index contributed by atoms with van der Waals surface area (Å²) in [5.74, 6) is -0.781. The summed E-state index contributed by atoms with van der Waals surface area (Å²) in [6.07, 6.45) is 0.0112. The largest absolute Gasteiger partial charge is 0.493 e. The molecule has 1 amide bonds. The summed E-state index contributed by atoms with van der Waals surface area (Å²) < 4.78 is 35.2. The third kappa shape index (κ3) is 4.88. The highest BCUT2D eigenvalue weighted by molar-refractivity contribution is 5.91. The minimum atomic E-state index is -2.99. The van der Waals surface area contributed by atoms with E-state index in [9.17, 15) is 23.7 Å². The second-order valence-corrected chi connectivity index (χ2v) is 5.17. The molecule has 11 heteroatoms. The summed E-state index contributed by atoms with van der Waals surface area (Å²) in [4.78, 5) is 22.1. The molecule has 140 valence electrons. The van der Waals surface area contributed by atoms with Crippen LogP contribution >= 0.6 is 0 Å². The Morgan fingerprint density at radius 1 is 1.38 bits per heavy atom. The van der Waals surface area contributed by atoms with Gasteiger partial charge < -0.3 is 24.9 Å². The highest BCUT2D eigenvalue weighted by atomic mass is 19.3. The fourth-order valence-electron chi connectivity index (χ4n) is 2.18. The summed E-state index contributed by atoms with van der Waals surface area (Å²) >= 11 is 0. The van der Waals surface area contributed by atoms with Gasteiger partial charge in [-0.2, -0.15) is 13.5 Å². The van der Waals surface area contributed by atoms with Gasteiger partial charge in [0, 0.05) is 18.2 Å². The van der Waals surface area contributed by atoms with E-state index in [1.807, 2.05) is 0 Å². The van der Waals surface area contributed by atoms with Crippen molar-refractivity contribution in [2.24, 2.45) is 0 Å². The number of aromatic nitrogens is 2. The SMILES string of the molecule is COc1cc(NC(=O)CCn2nc([N+](=O)[O-])cc2C)ccc1OC(F)F. The van der Waals surface area contributed by atoms with Crippen molar-refractivity contribution in [3.05, 3.63) is 40.1 Å². The van der Waals surface area contributed by atoms with Gasteiger partial charge in [0.1, 0.15) is 0 Å². The van der Waals surface area contributed by atoms with Gasteiger partial charge in [0.05, 0.1) is 30.5 Å². The average molecular weight is 370 g/mol. The lowest BCUT2D eigenvalue weighted by Crippen LogP contribution is -2.15. The summed E-state index contributed by atoms with van der Waals surface area (Å²) in [7, 11) is 1.28. The molecule has 26 heavy (non-hydrogen) atoms. The van der Waals surface area contributed by atoms with Crippen LogP contribution in [0.25, 0.3) is 0 Å². The van der Waals surface area contributed by atoms with Gasteiger partial charge in [-0.05, 0) is 24.0 Å². The molecular weight excluding hydrogens is 354 g/mol. The number of aryl methyl sites for hydroxylation is 2. The van der Waals surface area contributed by atoms with E-state index in [0.717, 1.165) is 0 Å². The van der Waals surface area contributed by atoms with Crippen molar-refractivity contribution in [1.29, 1.82) is 0 Å². The lowest BCUT2D eigenvalue weighted by atomic mass is 10.2. The first-order valence-corrected chi connectivity index (χ1v) is 7.41. The Bertz CT molecular complexity index is 809. The van der Waals surface area contributed by atoms with Gasteiger partial charge in [-0.1, -0.05) is 0 Å². The van der Waals surface area contributed by atoms with Crippen molar-refractivity contribution in [1.82, 2.24) is 9.78 Å². The number of nitro groups is 1. The maximum Gasteiger partial charge on any atom is 0.390 e. The van der Waals surface area contributed by atoms with Crippen LogP contribution in [0.15, 0.2) is 24.3 Å². The summed E-state index contributed by atoms with van der Waals surface area (Å²) in [6.45, 7) is -1.20. The number of anilines is 1. The highest BCUT2D eigenvalue weighted by Gasteiger charge is 2.16. The van der Waals surface area contributed by atoms with Crippen molar-refractivity contribution in [3.63, 3.8) is 0 Å². The Balaban J connectivity index is 1.98. The number of rotatable bonds is 8. The molecule has 1 N–H and O–H groups in total. The Morgan fingerprint density at radius 3 is 2.69 bits per heavy atom. The molecule has 0 aliphatic carbocycles. The Morgan fingerprint density at radius 2 is 2.12 bits per heavy atom. The monoisotopic (exact) mass is 370 g/mol. The molecule has 9 nitrogen and oxygen atoms in total. The molecule has 1 aromatic carbocycles. The number of amides is 1.